The molecule has 1 saturated heterocycles. The van der Waals surface area contributed by atoms with Crippen LogP contribution in [0.1, 0.15) is 30.4 Å². The van der Waals surface area contributed by atoms with Gasteiger partial charge in [0.2, 0.25) is 5.91 Å². The number of rotatable bonds is 7. The van der Waals surface area contributed by atoms with Gasteiger partial charge in [0.25, 0.3) is 0 Å². The molecule has 2 aromatic carbocycles. The van der Waals surface area contributed by atoms with E-state index in [1.165, 1.54) is 17.7 Å². The molecule has 144 valence electrons. The molecule has 0 bridgehead atoms. The summed E-state index contributed by atoms with van der Waals surface area (Å²) in [4.78, 5) is 14.8. The van der Waals surface area contributed by atoms with Gasteiger partial charge in [0.05, 0.1) is 0 Å². The van der Waals surface area contributed by atoms with Crippen molar-refractivity contribution in [2.45, 2.75) is 32.2 Å². The number of nitrogens with one attached hydrogen (secondary N) is 1. The highest BCUT2D eigenvalue weighted by Gasteiger charge is 2.24. The summed E-state index contributed by atoms with van der Waals surface area (Å²) in [5, 5.41) is 3.82. The lowest BCUT2D eigenvalue weighted by Gasteiger charge is -2.31. The Morgan fingerprint density at radius 2 is 1.67 bits per heavy atom. The second kappa shape index (κ2) is 9.86. The lowest BCUT2D eigenvalue weighted by molar-refractivity contribution is -0.126. The first kappa shape index (κ1) is 19.8. The third-order valence-corrected chi connectivity index (χ3v) is 5.38. The van der Waals surface area contributed by atoms with Gasteiger partial charge in [0.1, 0.15) is 5.82 Å². The van der Waals surface area contributed by atoms with Crippen molar-refractivity contribution in [1.82, 2.24) is 10.2 Å². The van der Waals surface area contributed by atoms with Crippen LogP contribution in [0.5, 0.6) is 0 Å². The molecule has 0 spiro atoms. The van der Waals surface area contributed by atoms with Crippen LogP contribution in [0.2, 0.25) is 5.02 Å². The summed E-state index contributed by atoms with van der Waals surface area (Å²) in [7, 11) is 0. The number of nitrogens with zero attached hydrogens (tertiary/aromatic N) is 1. The van der Waals surface area contributed by atoms with Crippen molar-refractivity contribution in [2.75, 3.05) is 19.6 Å². The SMILES string of the molecule is O=C(NCCCc1ccc(F)cc1)C1CCN(Cc2ccc(Cl)cc2)CC1. The molecule has 0 aromatic heterocycles. The van der Waals surface area contributed by atoms with Gasteiger partial charge >= 0.3 is 0 Å². The van der Waals surface area contributed by atoms with E-state index in [9.17, 15) is 9.18 Å². The number of likely N-dealkylation sites (tertiary alicyclic amines) is 1. The summed E-state index contributed by atoms with van der Waals surface area (Å²) < 4.78 is 12.9. The van der Waals surface area contributed by atoms with Gasteiger partial charge in [0.15, 0.2) is 0 Å². The molecule has 3 nitrogen and oxygen atoms in total. The Hall–Kier alpha value is -1.91. The fourth-order valence-electron chi connectivity index (χ4n) is 3.50. The summed E-state index contributed by atoms with van der Waals surface area (Å²) in [5.41, 5.74) is 2.35. The summed E-state index contributed by atoms with van der Waals surface area (Å²) in [6.45, 7) is 3.46. The molecule has 0 saturated carbocycles. The monoisotopic (exact) mass is 388 g/mol. The summed E-state index contributed by atoms with van der Waals surface area (Å²) >= 11 is 5.93. The van der Waals surface area contributed by atoms with Crippen molar-refractivity contribution in [1.29, 1.82) is 0 Å². The first-order valence-corrected chi connectivity index (χ1v) is 9.97. The zero-order valence-electron chi connectivity index (χ0n) is 15.5. The average Bonchev–Trinajstić information content (AvgIpc) is 2.69. The zero-order valence-corrected chi connectivity index (χ0v) is 16.2. The molecule has 1 aliphatic rings. The van der Waals surface area contributed by atoms with Crippen LogP contribution in [0.4, 0.5) is 4.39 Å². The Labute approximate surface area is 165 Å². The molecule has 0 atom stereocenters. The van der Waals surface area contributed by atoms with E-state index in [1.54, 1.807) is 12.1 Å². The highest BCUT2D eigenvalue weighted by atomic mass is 35.5. The largest absolute Gasteiger partial charge is 0.356 e. The number of piperidine rings is 1. The number of hydrogen-bond acceptors (Lipinski definition) is 2. The molecule has 1 amide bonds. The Morgan fingerprint density at radius 1 is 1.04 bits per heavy atom. The van der Waals surface area contributed by atoms with E-state index in [-0.39, 0.29) is 17.6 Å². The van der Waals surface area contributed by atoms with Crippen LogP contribution in [0, 0.1) is 11.7 Å². The van der Waals surface area contributed by atoms with Gasteiger partial charge in [-0.1, -0.05) is 35.9 Å². The maximum Gasteiger partial charge on any atom is 0.223 e. The normalized spacial score (nSPS) is 15.6. The number of hydrogen-bond donors (Lipinski definition) is 1. The van der Waals surface area contributed by atoms with Crippen molar-refractivity contribution >= 4 is 17.5 Å². The van der Waals surface area contributed by atoms with Gasteiger partial charge in [-0.05, 0) is 74.2 Å². The molecule has 1 aliphatic heterocycles. The predicted octanol–water partition coefficient (Wildman–Crippen LogP) is 4.44. The van der Waals surface area contributed by atoms with E-state index in [4.69, 9.17) is 11.6 Å². The molecule has 3 rings (SSSR count). The molecule has 0 aliphatic carbocycles. The second-order valence-corrected chi connectivity index (χ2v) is 7.63. The molecule has 2 aromatic rings. The van der Waals surface area contributed by atoms with Crippen molar-refractivity contribution in [3.8, 4) is 0 Å². The molecule has 0 radical (unpaired) electrons. The van der Waals surface area contributed by atoms with Crippen LogP contribution in [0.25, 0.3) is 0 Å². The minimum Gasteiger partial charge on any atom is -0.356 e. The molecular formula is C22H26ClFN2O. The fraction of sp³-hybridized carbons (Fsp3) is 0.409. The minimum atomic E-state index is -0.213. The van der Waals surface area contributed by atoms with E-state index in [0.29, 0.717) is 6.54 Å². The number of halogens is 2. The molecule has 1 fully saturated rings. The molecule has 0 unspecified atom stereocenters. The summed E-state index contributed by atoms with van der Waals surface area (Å²) in [5.74, 6) is 0.0620. The number of carbonyl (C=O) groups excluding carboxylic acids is 1. The van der Waals surface area contributed by atoms with Crippen molar-refractivity contribution < 1.29 is 9.18 Å². The van der Waals surface area contributed by atoms with Crippen LogP contribution < -0.4 is 5.32 Å². The zero-order chi connectivity index (χ0) is 19.1. The Bertz CT molecular complexity index is 725. The van der Waals surface area contributed by atoms with Gasteiger partial charge in [-0.25, -0.2) is 4.39 Å². The second-order valence-electron chi connectivity index (χ2n) is 7.20. The maximum atomic E-state index is 12.9. The van der Waals surface area contributed by atoms with Crippen LogP contribution in [0.3, 0.4) is 0 Å². The third-order valence-electron chi connectivity index (χ3n) is 5.13. The Morgan fingerprint density at radius 3 is 2.33 bits per heavy atom. The van der Waals surface area contributed by atoms with E-state index >= 15 is 0 Å². The molecule has 1 N–H and O–H groups in total. The standard InChI is InChI=1S/C22H26ClFN2O/c23-20-7-3-18(4-8-20)16-26-14-11-19(12-15-26)22(27)25-13-1-2-17-5-9-21(24)10-6-17/h3-10,19H,1-2,11-16H2,(H,25,27). The Balaban J connectivity index is 1.33. The number of benzene rings is 2. The first-order valence-electron chi connectivity index (χ1n) is 9.59. The summed E-state index contributed by atoms with van der Waals surface area (Å²) in [6, 6.07) is 14.5. The lowest BCUT2D eigenvalue weighted by atomic mass is 9.95. The quantitative estimate of drug-likeness (QED) is 0.711. The minimum absolute atomic E-state index is 0.109. The first-order chi connectivity index (χ1) is 13.1. The molecular weight excluding hydrogens is 363 g/mol. The third kappa shape index (κ3) is 6.33. The van der Waals surface area contributed by atoms with Gasteiger partial charge in [-0.15, -0.1) is 0 Å². The van der Waals surface area contributed by atoms with Crippen LogP contribution in [-0.4, -0.2) is 30.4 Å². The van der Waals surface area contributed by atoms with E-state index in [0.717, 1.165) is 55.9 Å². The van der Waals surface area contributed by atoms with Gasteiger partial charge in [-0.3, -0.25) is 9.69 Å². The Kier molecular flexibility index (Phi) is 7.25. The van der Waals surface area contributed by atoms with Crippen LogP contribution in [0.15, 0.2) is 48.5 Å². The lowest BCUT2D eigenvalue weighted by Crippen LogP contribution is -2.40. The van der Waals surface area contributed by atoms with Gasteiger partial charge in [-0.2, -0.15) is 0 Å². The van der Waals surface area contributed by atoms with Crippen molar-refractivity contribution in [2.24, 2.45) is 5.92 Å². The molecule has 5 heteroatoms. The van der Waals surface area contributed by atoms with E-state index < -0.39 is 0 Å². The fourth-order valence-corrected chi connectivity index (χ4v) is 3.63. The average molecular weight is 389 g/mol. The summed E-state index contributed by atoms with van der Waals surface area (Å²) in [6.07, 6.45) is 3.52. The maximum absolute atomic E-state index is 12.9. The topological polar surface area (TPSA) is 32.3 Å². The van der Waals surface area contributed by atoms with Crippen LogP contribution >= 0.6 is 11.6 Å². The van der Waals surface area contributed by atoms with Gasteiger partial charge < -0.3 is 5.32 Å². The number of amides is 1. The molecule has 27 heavy (non-hydrogen) atoms. The van der Waals surface area contributed by atoms with E-state index in [2.05, 4.69) is 22.3 Å². The highest BCUT2D eigenvalue weighted by molar-refractivity contribution is 6.30. The highest BCUT2D eigenvalue weighted by Crippen LogP contribution is 2.20. The van der Waals surface area contributed by atoms with Gasteiger partial charge in [0, 0.05) is 24.0 Å². The van der Waals surface area contributed by atoms with E-state index in [1.807, 2.05) is 12.1 Å². The molecule has 1 heterocycles. The number of aryl methyl sites for hydroxylation is 1. The van der Waals surface area contributed by atoms with Crippen LogP contribution in [-0.2, 0) is 17.8 Å². The van der Waals surface area contributed by atoms with Crippen molar-refractivity contribution in [3.05, 3.63) is 70.5 Å². The smallest absolute Gasteiger partial charge is 0.223 e. The predicted molar refractivity (Wildman–Crippen MR) is 107 cm³/mol. The van der Waals surface area contributed by atoms with Crippen molar-refractivity contribution in [3.63, 3.8) is 0 Å². The number of carbonyl (C=O) groups is 1.